The van der Waals surface area contributed by atoms with Gasteiger partial charge in [0.2, 0.25) is 0 Å². The van der Waals surface area contributed by atoms with Crippen molar-refractivity contribution in [2.45, 2.75) is 33.1 Å². The molecule has 5 aromatic rings. The standard InChI is InChI=1S/C33H34N6S/c1-5-21(15-22-9-12-34-13-10-22)16-23(6-2)27-18-26-29(19-36-27)38-39-32(26)28-17-25-24(11-14-35-33(25)37-28)31-8-7-30(40-31)20(3)4/h5-8,11,14,16-19,22,34H,1,3,9-10,12-13,15H2,2,4H3,(H,35,37)(H,38,39)/b21-16+,23-6+. The third kappa shape index (κ3) is 5.10. The minimum absolute atomic E-state index is 0.696. The first-order chi connectivity index (χ1) is 19.5. The van der Waals surface area contributed by atoms with Gasteiger partial charge in [-0.1, -0.05) is 25.3 Å². The van der Waals surface area contributed by atoms with Gasteiger partial charge in [0.1, 0.15) is 11.3 Å². The maximum Gasteiger partial charge on any atom is 0.138 e. The van der Waals surface area contributed by atoms with Crippen molar-refractivity contribution < 1.29 is 0 Å². The molecule has 40 heavy (non-hydrogen) atoms. The zero-order valence-electron chi connectivity index (χ0n) is 23.1. The van der Waals surface area contributed by atoms with Crippen molar-refractivity contribution in [3.05, 3.63) is 90.3 Å². The van der Waals surface area contributed by atoms with Crippen LogP contribution in [-0.4, -0.2) is 38.2 Å². The molecule has 0 saturated carbocycles. The predicted molar refractivity (Wildman–Crippen MR) is 169 cm³/mol. The summed E-state index contributed by atoms with van der Waals surface area (Å²) in [5.74, 6) is 0.696. The van der Waals surface area contributed by atoms with Crippen LogP contribution in [-0.2, 0) is 0 Å². The number of fused-ring (bicyclic) bond motifs is 2. The highest BCUT2D eigenvalue weighted by Crippen LogP contribution is 2.37. The van der Waals surface area contributed by atoms with E-state index in [1.807, 2.05) is 25.4 Å². The molecule has 1 saturated heterocycles. The molecule has 1 aliphatic heterocycles. The third-order valence-electron chi connectivity index (χ3n) is 7.72. The molecule has 6 heterocycles. The fourth-order valence-electron chi connectivity index (χ4n) is 5.49. The van der Waals surface area contributed by atoms with E-state index in [0.717, 1.165) is 75.2 Å². The average molecular weight is 547 g/mol. The van der Waals surface area contributed by atoms with Crippen LogP contribution < -0.4 is 5.32 Å². The Labute approximate surface area is 238 Å². The molecule has 0 bridgehead atoms. The van der Waals surface area contributed by atoms with E-state index in [1.165, 1.54) is 28.2 Å². The Morgan fingerprint density at radius 2 is 1.98 bits per heavy atom. The van der Waals surface area contributed by atoms with E-state index in [-0.39, 0.29) is 0 Å². The second-order valence-electron chi connectivity index (χ2n) is 10.5. The quantitative estimate of drug-likeness (QED) is 0.171. The zero-order valence-corrected chi connectivity index (χ0v) is 23.9. The highest BCUT2D eigenvalue weighted by molar-refractivity contribution is 7.16. The number of nitrogens with zero attached hydrogens (tertiary/aromatic N) is 3. The SMILES string of the molecule is C=C/C(=C\C(=C/C)c1cc2c(-c3cc4c(-c5ccc(C(=C)C)s5)ccnc4[nH]3)n[nH]c2cn1)CC1CCNCC1. The minimum Gasteiger partial charge on any atom is -0.338 e. The number of piperidine rings is 1. The molecule has 0 spiro atoms. The highest BCUT2D eigenvalue weighted by Gasteiger charge is 2.17. The van der Waals surface area contributed by atoms with Crippen LogP contribution in [0.1, 0.15) is 43.7 Å². The summed E-state index contributed by atoms with van der Waals surface area (Å²) in [6.07, 6.45) is 13.6. The Bertz CT molecular complexity index is 1770. The smallest absolute Gasteiger partial charge is 0.138 e. The molecule has 0 unspecified atom stereocenters. The number of rotatable bonds is 8. The molecule has 1 fully saturated rings. The summed E-state index contributed by atoms with van der Waals surface area (Å²) in [7, 11) is 0. The lowest BCUT2D eigenvalue weighted by Gasteiger charge is -2.23. The van der Waals surface area contributed by atoms with Gasteiger partial charge in [0.15, 0.2) is 0 Å². The molecule has 6 rings (SSSR count). The second kappa shape index (κ2) is 11.2. The fraction of sp³-hybridized carbons (Fsp3) is 0.242. The van der Waals surface area contributed by atoms with E-state index in [2.05, 4.69) is 88.0 Å². The van der Waals surface area contributed by atoms with E-state index < -0.39 is 0 Å². The Morgan fingerprint density at radius 1 is 1.12 bits per heavy atom. The van der Waals surface area contributed by atoms with Gasteiger partial charge in [-0.15, -0.1) is 11.3 Å². The van der Waals surface area contributed by atoms with Crippen molar-refractivity contribution in [2.24, 2.45) is 5.92 Å². The Hall–Kier alpha value is -4.07. The van der Waals surface area contributed by atoms with Gasteiger partial charge in [-0.2, -0.15) is 5.10 Å². The summed E-state index contributed by atoms with van der Waals surface area (Å²) in [6, 6.07) is 10.6. The van der Waals surface area contributed by atoms with Crippen LogP contribution in [0, 0.1) is 5.92 Å². The number of aromatic nitrogens is 5. The van der Waals surface area contributed by atoms with Gasteiger partial charge in [-0.3, -0.25) is 10.1 Å². The fourth-order valence-corrected chi connectivity index (χ4v) is 6.46. The van der Waals surface area contributed by atoms with Crippen LogP contribution in [0.2, 0.25) is 0 Å². The van der Waals surface area contributed by atoms with E-state index in [1.54, 1.807) is 11.3 Å². The van der Waals surface area contributed by atoms with E-state index >= 15 is 0 Å². The van der Waals surface area contributed by atoms with Crippen molar-refractivity contribution in [1.29, 1.82) is 0 Å². The van der Waals surface area contributed by atoms with Crippen molar-refractivity contribution >= 4 is 44.4 Å². The molecule has 0 aliphatic carbocycles. The molecule has 5 aromatic heterocycles. The number of H-pyrrole nitrogens is 2. The van der Waals surface area contributed by atoms with E-state index in [4.69, 9.17) is 4.98 Å². The van der Waals surface area contributed by atoms with Gasteiger partial charge in [0.25, 0.3) is 0 Å². The number of hydrogen-bond donors (Lipinski definition) is 3. The number of hydrogen-bond acceptors (Lipinski definition) is 5. The first-order valence-corrected chi connectivity index (χ1v) is 14.6. The normalized spacial score (nSPS) is 15.2. The minimum atomic E-state index is 0.696. The topological polar surface area (TPSA) is 82.3 Å². The van der Waals surface area contributed by atoms with Gasteiger partial charge in [-0.25, -0.2) is 4.98 Å². The lowest BCUT2D eigenvalue weighted by molar-refractivity contribution is 0.374. The van der Waals surface area contributed by atoms with Crippen LogP contribution in [0.5, 0.6) is 0 Å². The van der Waals surface area contributed by atoms with E-state index in [9.17, 15) is 0 Å². The molecule has 0 atom stereocenters. The molecule has 0 aromatic carbocycles. The van der Waals surface area contributed by atoms with Crippen molar-refractivity contribution in [3.8, 4) is 21.8 Å². The summed E-state index contributed by atoms with van der Waals surface area (Å²) in [5.41, 5.74) is 9.01. The van der Waals surface area contributed by atoms with Crippen molar-refractivity contribution in [1.82, 2.24) is 30.5 Å². The largest absolute Gasteiger partial charge is 0.338 e. The first-order valence-electron chi connectivity index (χ1n) is 13.8. The van der Waals surface area contributed by atoms with Gasteiger partial charge >= 0.3 is 0 Å². The lowest BCUT2D eigenvalue weighted by atomic mass is 9.90. The van der Waals surface area contributed by atoms with E-state index in [0.29, 0.717) is 5.92 Å². The Kier molecular flexibility index (Phi) is 7.32. The summed E-state index contributed by atoms with van der Waals surface area (Å²) in [4.78, 5) is 15.3. The van der Waals surface area contributed by atoms with Crippen LogP contribution in [0.15, 0.2) is 79.7 Å². The zero-order chi connectivity index (χ0) is 27.6. The Morgan fingerprint density at radius 3 is 2.73 bits per heavy atom. The predicted octanol–water partition coefficient (Wildman–Crippen LogP) is 8.17. The van der Waals surface area contributed by atoms with Crippen LogP contribution in [0.25, 0.3) is 54.9 Å². The van der Waals surface area contributed by atoms with Crippen LogP contribution >= 0.6 is 11.3 Å². The first kappa shape index (κ1) is 26.2. The molecule has 1 aliphatic rings. The molecule has 0 amide bonds. The molecular formula is C33H34N6S. The number of aromatic amines is 2. The molecule has 6 nitrogen and oxygen atoms in total. The molecule has 3 N–H and O–H groups in total. The van der Waals surface area contributed by atoms with Gasteiger partial charge in [0.05, 0.1) is 23.1 Å². The number of allylic oxidation sites excluding steroid dienone is 6. The van der Waals surface area contributed by atoms with Gasteiger partial charge in [0, 0.05) is 32.3 Å². The number of pyridine rings is 2. The molecular weight excluding hydrogens is 512 g/mol. The Balaban J connectivity index is 1.36. The summed E-state index contributed by atoms with van der Waals surface area (Å²) in [5, 5.41) is 13.4. The monoisotopic (exact) mass is 546 g/mol. The molecule has 7 heteroatoms. The highest BCUT2D eigenvalue weighted by atomic mass is 32.1. The third-order valence-corrected chi connectivity index (χ3v) is 9.00. The summed E-state index contributed by atoms with van der Waals surface area (Å²) < 4.78 is 0. The maximum absolute atomic E-state index is 4.78. The van der Waals surface area contributed by atoms with Gasteiger partial charge < -0.3 is 10.3 Å². The number of thiophene rings is 1. The van der Waals surface area contributed by atoms with Crippen LogP contribution in [0.3, 0.4) is 0 Å². The van der Waals surface area contributed by atoms with Gasteiger partial charge in [-0.05, 0) is 105 Å². The van der Waals surface area contributed by atoms with Crippen LogP contribution in [0.4, 0.5) is 0 Å². The second-order valence-corrected chi connectivity index (χ2v) is 11.6. The maximum atomic E-state index is 4.78. The molecule has 202 valence electrons. The average Bonchev–Trinajstić information content (AvgIpc) is 3.73. The van der Waals surface area contributed by atoms with Crippen molar-refractivity contribution in [3.63, 3.8) is 0 Å². The molecule has 0 radical (unpaired) electrons. The van der Waals surface area contributed by atoms with Crippen molar-refractivity contribution in [2.75, 3.05) is 13.1 Å². The summed E-state index contributed by atoms with van der Waals surface area (Å²) in [6.45, 7) is 14.5. The number of nitrogens with one attached hydrogen (secondary N) is 3. The summed E-state index contributed by atoms with van der Waals surface area (Å²) >= 11 is 1.75. The lowest BCUT2D eigenvalue weighted by Crippen LogP contribution is -2.27.